The van der Waals surface area contributed by atoms with Gasteiger partial charge in [-0.05, 0) is 40.0 Å². The molecule has 26 heavy (non-hydrogen) atoms. The molecule has 0 aliphatic heterocycles. The predicted octanol–water partition coefficient (Wildman–Crippen LogP) is 1.81. The highest BCUT2D eigenvalue weighted by molar-refractivity contribution is 7.89. The second-order valence-corrected chi connectivity index (χ2v) is 8.42. The number of ether oxygens (including phenoxy) is 1. The molecular formula is C17H29N3O5S. The molecule has 1 atom stereocenters. The summed E-state index contributed by atoms with van der Waals surface area (Å²) in [5.41, 5.74) is 0.266. The van der Waals surface area contributed by atoms with E-state index in [2.05, 4.69) is 15.2 Å². The molecule has 1 aliphatic rings. The van der Waals surface area contributed by atoms with Gasteiger partial charge in [0, 0.05) is 13.2 Å². The van der Waals surface area contributed by atoms with E-state index in [4.69, 9.17) is 9.26 Å². The zero-order valence-corrected chi connectivity index (χ0v) is 16.5. The average molecular weight is 388 g/mol. The van der Waals surface area contributed by atoms with Crippen LogP contribution >= 0.6 is 0 Å². The topological polar surface area (TPSA) is 111 Å². The maximum Gasteiger partial charge on any atom is 0.246 e. The van der Waals surface area contributed by atoms with Crippen molar-refractivity contribution in [3.05, 3.63) is 11.5 Å². The molecule has 2 N–H and O–H groups in total. The van der Waals surface area contributed by atoms with Gasteiger partial charge in [0.1, 0.15) is 10.6 Å². The number of carbonyl (C=O) groups is 1. The Morgan fingerprint density at radius 2 is 2.00 bits per heavy atom. The van der Waals surface area contributed by atoms with E-state index in [0.29, 0.717) is 25.7 Å². The minimum atomic E-state index is -3.86. The summed E-state index contributed by atoms with van der Waals surface area (Å²) < 4.78 is 37.8. The molecule has 9 heteroatoms. The molecule has 0 bridgehead atoms. The molecule has 0 unspecified atom stereocenters. The molecular weight excluding hydrogens is 358 g/mol. The monoisotopic (exact) mass is 387 g/mol. The van der Waals surface area contributed by atoms with Crippen molar-refractivity contribution in [3.63, 3.8) is 0 Å². The first-order valence-electron chi connectivity index (χ1n) is 9.16. The van der Waals surface area contributed by atoms with Gasteiger partial charge in [-0.15, -0.1) is 0 Å². The van der Waals surface area contributed by atoms with Crippen molar-refractivity contribution < 1.29 is 22.5 Å². The molecule has 0 saturated heterocycles. The van der Waals surface area contributed by atoms with Crippen LogP contribution in [-0.4, -0.2) is 44.8 Å². The van der Waals surface area contributed by atoms with E-state index >= 15 is 0 Å². The summed E-state index contributed by atoms with van der Waals surface area (Å²) in [5.74, 6) is -0.180. The van der Waals surface area contributed by atoms with Crippen molar-refractivity contribution in [2.75, 3.05) is 13.2 Å². The van der Waals surface area contributed by atoms with Crippen LogP contribution in [0.3, 0.4) is 0 Å². The first-order chi connectivity index (χ1) is 12.3. The Bertz CT molecular complexity index is 676. The molecule has 8 nitrogen and oxygen atoms in total. The van der Waals surface area contributed by atoms with Gasteiger partial charge in [0.15, 0.2) is 5.76 Å². The first kappa shape index (κ1) is 20.9. The van der Waals surface area contributed by atoms with Gasteiger partial charge in [0.2, 0.25) is 15.9 Å². The number of nitrogens with one attached hydrogen (secondary N) is 2. The van der Waals surface area contributed by atoms with Gasteiger partial charge in [-0.1, -0.05) is 24.4 Å². The van der Waals surface area contributed by atoms with Gasteiger partial charge in [0.25, 0.3) is 0 Å². The van der Waals surface area contributed by atoms with E-state index in [1.54, 1.807) is 6.92 Å². The number of nitrogens with zero attached hydrogens (tertiary/aromatic N) is 1. The van der Waals surface area contributed by atoms with E-state index in [-0.39, 0.29) is 22.3 Å². The summed E-state index contributed by atoms with van der Waals surface area (Å²) in [4.78, 5) is 12.1. The summed E-state index contributed by atoms with van der Waals surface area (Å²) in [7, 11) is -3.86. The second-order valence-electron chi connectivity index (χ2n) is 6.77. The van der Waals surface area contributed by atoms with E-state index < -0.39 is 16.1 Å². The smallest absolute Gasteiger partial charge is 0.246 e. The summed E-state index contributed by atoms with van der Waals surface area (Å²) in [6, 6.07) is -0.895. The largest absolute Gasteiger partial charge is 0.378 e. The summed E-state index contributed by atoms with van der Waals surface area (Å²) >= 11 is 0. The Labute approximate surface area is 155 Å². The molecule has 1 heterocycles. The van der Waals surface area contributed by atoms with Gasteiger partial charge in [-0.3, -0.25) is 4.79 Å². The lowest BCUT2D eigenvalue weighted by Crippen LogP contribution is -2.45. The zero-order valence-electron chi connectivity index (χ0n) is 15.7. The Hall–Kier alpha value is -1.45. The second kappa shape index (κ2) is 9.48. The van der Waals surface area contributed by atoms with Gasteiger partial charge in [-0.25, -0.2) is 8.42 Å². The van der Waals surface area contributed by atoms with Gasteiger partial charge >= 0.3 is 0 Å². The van der Waals surface area contributed by atoms with E-state index in [1.807, 2.05) is 0 Å². The molecule has 1 aromatic rings. The molecule has 2 rings (SSSR count). The van der Waals surface area contributed by atoms with Crippen molar-refractivity contribution in [2.45, 2.75) is 76.3 Å². The molecule has 1 aliphatic carbocycles. The van der Waals surface area contributed by atoms with Gasteiger partial charge in [0.05, 0.1) is 12.1 Å². The standard InChI is InChI=1S/C17H29N3O5S/c1-12-16(14(3)25-19-12)26(22,23)20-13(2)17(21)18-10-7-11-24-15-8-5-4-6-9-15/h13,15,20H,4-11H2,1-3H3,(H,18,21)/t13-/m0/s1. The highest BCUT2D eigenvalue weighted by atomic mass is 32.2. The van der Waals surface area contributed by atoms with Crippen LogP contribution in [0.1, 0.15) is 56.9 Å². The van der Waals surface area contributed by atoms with Crippen LogP contribution in [0.5, 0.6) is 0 Å². The minimum Gasteiger partial charge on any atom is -0.378 e. The lowest BCUT2D eigenvalue weighted by Gasteiger charge is -2.22. The van der Waals surface area contributed by atoms with Crippen LogP contribution in [0.25, 0.3) is 0 Å². The third-order valence-electron chi connectivity index (χ3n) is 4.49. The highest BCUT2D eigenvalue weighted by Gasteiger charge is 2.27. The van der Waals surface area contributed by atoms with Crippen molar-refractivity contribution in [2.24, 2.45) is 0 Å². The fourth-order valence-corrected chi connectivity index (χ4v) is 4.65. The van der Waals surface area contributed by atoms with Crippen LogP contribution in [-0.2, 0) is 19.6 Å². The number of carbonyl (C=O) groups excluding carboxylic acids is 1. The minimum absolute atomic E-state index is 0.0157. The van der Waals surface area contributed by atoms with Crippen LogP contribution in [0, 0.1) is 13.8 Å². The Kier molecular flexibility index (Phi) is 7.60. The van der Waals surface area contributed by atoms with E-state index in [9.17, 15) is 13.2 Å². The number of hydrogen-bond acceptors (Lipinski definition) is 6. The molecule has 148 valence electrons. The lowest BCUT2D eigenvalue weighted by atomic mass is 9.98. The van der Waals surface area contributed by atoms with Crippen molar-refractivity contribution >= 4 is 15.9 Å². The zero-order chi connectivity index (χ0) is 19.2. The van der Waals surface area contributed by atoms with Crippen LogP contribution in [0.2, 0.25) is 0 Å². The normalized spacial score (nSPS) is 17.2. The summed E-state index contributed by atoms with van der Waals surface area (Å²) in [5, 5.41) is 6.37. The van der Waals surface area contributed by atoms with Gasteiger partial charge < -0.3 is 14.6 Å². The van der Waals surface area contributed by atoms with Gasteiger partial charge in [-0.2, -0.15) is 4.72 Å². The lowest BCUT2D eigenvalue weighted by molar-refractivity contribution is -0.122. The maximum absolute atomic E-state index is 12.4. The number of hydrogen-bond donors (Lipinski definition) is 2. The quantitative estimate of drug-likeness (QED) is 0.625. The van der Waals surface area contributed by atoms with Crippen molar-refractivity contribution in [3.8, 4) is 0 Å². The van der Waals surface area contributed by atoms with Crippen molar-refractivity contribution in [1.82, 2.24) is 15.2 Å². The third-order valence-corrected chi connectivity index (χ3v) is 6.27. The average Bonchev–Trinajstić information content (AvgIpc) is 2.94. The SMILES string of the molecule is Cc1noc(C)c1S(=O)(=O)N[C@@H](C)C(=O)NCCCOC1CCCCC1. The first-order valence-corrected chi connectivity index (χ1v) is 10.6. The number of rotatable bonds is 9. The number of amides is 1. The number of sulfonamides is 1. The molecule has 1 aromatic heterocycles. The Morgan fingerprint density at radius 1 is 1.31 bits per heavy atom. The summed E-state index contributed by atoms with van der Waals surface area (Å²) in [6.45, 7) is 5.62. The Balaban J connectivity index is 1.71. The fourth-order valence-electron chi connectivity index (χ4n) is 3.12. The predicted molar refractivity (Wildman–Crippen MR) is 96.2 cm³/mol. The summed E-state index contributed by atoms with van der Waals surface area (Å²) in [6.07, 6.45) is 7.03. The molecule has 1 fully saturated rings. The van der Waals surface area contributed by atoms with E-state index in [1.165, 1.54) is 33.1 Å². The van der Waals surface area contributed by atoms with Crippen LogP contribution < -0.4 is 10.0 Å². The third kappa shape index (κ3) is 5.78. The Morgan fingerprint density at radius 3 is 2.62 bits per heavy atom. The molecule has 0 aromatic carbocycles. The molecule has 0 spiro atoms. The fraction of sp³-hybridized carbons (Fsp3) is 0.765. The highest BCUT2D eigenvalue weighted by Crippen LogP contribution is 2.20. The van der Waals surface area contributed by atoms with Crippen LogP contribution in [0.15, 0.2) is 9.42 Å². The number of aromatic nitrogens is 1. The molecule has 0 radical (unpaired) electrons. The number of aryl methyl sites for hydroxylation is 2. The molecule has 1 amide bonds. The maximum atomic E-state index is 12.4. The van der Waals surface area contributed by atoms with E-state index in [0.717, 1.165) is 12.8 Å². The molecule has 1 saturated carbocycles. The van der Waals surface area contributed by atoms with Crippen LogP contribution in [0.4, 0.5) is 0 Å². The van der Waals surface area contributed by atoms with Crippen molar-refractivity contribution in [1.29, 1.82) is 0 Å².